The molecule has 9 N–H and O–H groups in total. The van der Waals surface area contributed by atoms with Crippen LogP contribution in [0.25, 0.3) is 0 Å². The van der Waals surface area contributed by atoms with Crippen LogP contribution in [0.2, 0.25) is 0 Å². The number of carbonyl (C=O) groups excluding carboxylic acids is 6. The fourth-order valence-corrected chi connectivity index (χ4v) is 6.12. The van der Waals surface area contributed by atoms with Crippen LogP contribution in [-0.2, 0) is 51.2 Å². The molecule has 6 atom stereocenters. The van der Waals surface area contributed by atoms with Crippen molar-refractivity contribution >= 4 is 48.9 Å². The number of amides is 6. The van der Waals surface area contributed by atoms with Crippen LogP contribution in [0, 0.1) is 24.2 Å². The summed E-state index contributed by atoms with van der Waals surface area (Å²) in [6.45, 7) is 15.4. The Morgan fingerprint density at radius 1 is 0.705 bits per heavy atom. The molecule has 1 unspecified atom stereocenters. The lowest BCUT2D eigenvalue weighted by molar-refractivity contribution is -0.140. The van der Waals surface area contributed by atoms with Crippen LogP contribution in [0.5, 0.6) is 0 Å². The van der Waals surface area contributed by atoms with Crippen LogP contribution in [0.3, 0.4) is 0 Å². The Bertz CT molecular complexity index is 1790. The molecule has 0 aliphatic carbocycles. The molecule has 2 aromatic rings. The number of hydrogen-bond acceptors (Lipinski definition) is 11. The molecule has 2 rings (SSSR count). The van der Waals surface area contributed by atoms with E-state index in [1.54, 1.807) is 90.1 Å². The fraction of sp³-hybridized carbons (Fsp3) is 0.548. The smallest absolute Gasteiger partial charge is 0.481 e. The maximum atomic E-state index is 14.3. The summed E-state index contributed by atoms with van der Waals surface area (Å²) in [6, 6.07) is 9.23. The minimum Gasteiger partial charge on any atom is -0.481 e. The monoisotopic (exact) mass is 854 g/mol. The molecule has 19 heteroatoms. The molecule has 61 heavy (non-hydrogen) atoms. The van der Waals surface area contributed by atoms with Crippen molar-refractivity contribution in [1.29, 1.82) is 0 Å². The summed E-state index contributed by atoms with van der Waals surface area (Å²) >= 11 is 0. The first-order chi connectivity index (χ1) is 28.5. The zero-order valence-corrected chi connectivity index (χ0v) is 36.4. The number of hydrogen-bond donors (Lipinski definition) is 9. The second kappa shape index (κ2) is 24.7. The minimum absolute atomic E-state index is 0.0363. The Hall–Kier alpha value is -5.53. The molecular formula is C42H63BN6O12. The van der Waals surface area contributed by atoms with Gasteiger partial charge in [0, 0.05) is 6.42 Å². The molecule has 0 heterocycles. The summed E-state index contributed by atoms with van der Waals surface area (Å²) in [6.07, 6.45) is -2.61. The lowest BCUT2D eigenvalue weighted by Gasteiger charge is -2.34. The SMILES string of the molecule is CCC(NC(=O)[C@H](CC(C)C)NC(=O)[C@@H](NC(=O)[C@H](Cc1ccccc1C)NC(=O)[C@H](NC(=O)[C@H](CC(=O)O)NC(=O)OCc1ccccc1)C(C)C)C(C)(C)C)OB(O)O. The van der Waals surface area contributed by atoms with Gasteiger partial charge in [0.2, 0.25) is 29.5 Å². The van der Waals surface area contributed by atoms with Crippen molar-refractivity contribution in [3.63, 3.8) is 0 Å². The van der Waals surface area contributed by atoms with Crippen LogP contribution in [0.1, 0.15) is 91.3 Å². The van der Waals surface area contributed by atoms with Gasteiger partial charge in [-0.25, -0.2) is 4.79 Å². The number of carbonyl (C=O) groups is 7. The van der Waals surface area contributed by atoms with Gasteiger partial charge >= 0.3 is 19.4 Å². The average Bonchev–Trinajstić information content (AvgIpc) is 3.16. The van der Waals surface area contributed by atoms with Crippen molar-refractivity contribution in [1.82, 2.24) is 31.9 Å². The predicted octanol–water partition coefficient (Wildman–Crippen LogP) is 1.83. The first-order valence-electron chi connectivity index (χ1n) is 20.3. The molecule has 0 saturated heterocycles. The lowest BCUT2D eigenvalue weighted by atomic mass is 9.85. The molecule has 0 saturated carbocycles. The Morgan fingerprint density at radius 3 is 1.82 bits per heavy atom. The topological polar surface area (TPSA) is 271 Å². The second-order valence-electron chi connectivity index (χ2n) is 16.6. The highest BCUT2D eigenvalue weighted by Gasteiger charge is 2.38. The first-order valence-corrected chi connectivity index (χ1v) is 20.3. The second-order valence-corrected chi connectivity index (χ2v) is 16.6. The fourth-order valence-electron chi connectivity index (χ4n) is 6.12. The van der Waals surface area contributed by atoms with E-state index < -0.39 is 103 Å². The summed E-state index contributed by atoms with van der Waals surface area (Å²) in [7, 11) is -2.14. The Morgan fingerprint density at radius 2 is 1.28 bits per heavy atom. The third kappa shape index (κ3) is 18.3. The maximum Gasteiger partial charge on any atom is 0.635 e. The van der Waals surface area contributed by atoms with Crippen LogP contribution in [0.15, 0.2) is 54.6 Å². The number of carboxylic acid groups (broad SMARTS) is 1. The van der Waals surface area contributed by atoms with Gasteiger partial charge in [0.05, 0.1) is 6.42 Å². The minimum atomic E-state index is -2.14. The quantitative estimate of drug-likeness (QED) is 0.0573. The number of rotatable bonds is 23. The largest absolute Gasteiger partial charge is 0.635 e. The van der Waals surface area contributed by atoms with Crippen LogP contribution in [-0.4, -0.2) is 101 Å². The number of aliphatic carboxylic acids is 1. The highest BCUT2D eigenvalue weighted by atomic mass is 16.6. The van der Waals surface area contributed by atoms with E-state index in [1.165, 1.54) is 0 Å². The van der Waals surface area contributed by atoms with Crippen LogP contribution in [0.4, 0.5) is 4.79 Å². The van der Waals surface area contributed by atoms with E-state index in [1.807, 2.05) is 26.8 Å². The van der Waals surface area contributed by atoms with E-state index >= 15 is 0 Å². The van der Waals surface area contributed by atoms with Crippen LogP contribution < -0.4 is 31.9 Å². The number of alkyl carbamates (subject to hydrolysis) is 1. The molecule has 6 amide bonds. The number of nitrogens with one attached hydrogen (secondary N) is 6. The number of benzene rings is 2. The van der Waals surface area contributed by atoms with Gasteiger partial charge in [0.1, 0.15) is 43.0 Å². The first kappa shape index (κ1) is 51.6. The molecule has 0 aliphatic rings. The van der Waals surface area contributed by atoms with Gasteiger partial charge in [-0.3, -0.25) is 28.8 Å². The van der Waals surface area contributed by atoms with E-state index in [4.69, 9.17) is 9.39 Å². The number of aryl methyl sites for hydroxylation is 1. The lowest BCUT2D eigenvalue weighted by Crippen LogP contribution is -2.62. The molecule has 0 aliphatic heterocycles. The summed E-state index contributed by atoms with van der Waals surface area (Å²) < 4.78 is 10.1. The van der Waals surface area contributed by atoms with Gasteiger partial charge in [0.15, 0.2) is 0 Å². The van der Waals surface area contributed by atoms with Crippen molar-refractivity contribution in [3.8, 4) is 0 Å². The van der Waals surface area contributed by atoms with Gasteiger partial charge in [0.25, 0.3) is 0 Å². The highest BCUT2D eigenvalue weighted by molar-refractivity contribution is 6.32. The van der Waals surface area contributed by atoms with Crippen molar-refractivity contribution < 1.29 is 58.1 Å². The molecule has 0 bridgehead atoms. The average molecular weight is 855 g/mol. The molecule has 0 aromatic heterocycles. The Labute approximate surface area is 357 Å². The van der Waals surface area contributed by atoms with Gasteiger partial charge in [-0.2, -0.15) is 0 Å². The van der Waals surface area contributed by atoms with E-state index in [0.29, 0.717) is 11.1 Å². The predicted molar refractivity (Wildman–Crippen MR) is 226 cm³/mol. The number of ether oxygens (including phenoxy) is 1. The van der Waals surface area contributed by atoms with Gasteiger partial charge in [-0.05, 0) is 53.7 Å². The summed E-state index contributed by atoms with van der Waals surface area (Å²) in [4.78, 5) is 93.6. The summed E-state index contributed by atoms with van der Waals surface area (Å²) in [5.74, 6) is -5.97. The van der Waals surface area contributed by atoms with Gasteiger partial charge < -0.3 is 56.4 Å². The molecule has 0 radical (unpaired) electrons. The molecule has 0 fully saturated rings. The van der Waals surface area contributed by atoms with E-state index in [2.05, 4.69) is 31.9 Å². The number of carboxylic acids is 1. The maximum absolute atomic E-state index is 14.3. The molecule has 0 spiro atoms. The molecular weight excluding hydrogens is 791 g/mol. The zero-order chi connectivity index (χ0) is 46.0. The summed E-state index contributed by atoms with van der Waals surface area (Å²) in [5, 5.41) is 43.6. The van der Waals surface area contributed by atoms with E-state index in [-0.39, 0.29) is 31.8 Å². The van der Waals surface area contributed by atoms with E-state index in [0.717, 1.165) is 5.56 Å². The van der Waals surface area contributed by atoms with Crippen molar-refractivity contribution in [2.24, 2.45) is 17.3 Å². The van der Waals surface area contributed by atoms with Crippen molar-refractivity contribution in [2.45, 2.75) is 131 Å². The zero-order valence-electron chi connectivity index (χ0n) is 36.4. The summed E-state index contributed by atoms with van der Waals surface area (Å²) in [5.41, 5.74) is 1.22. The Balaban J connectivity index is 2.38. The van der Waals surface area contributed by atoms with Gasteiger partial charge in [-0.1, -0.05) is 110 Å². The third-order valence-electron chi connectivity index (χ3n) is 9.48. The normalized spacial score (nSPS) is 14.3. The van der Waals surface area contributed by atoms with E-state index in [9.17, 15) is 48.7 Å². The standard InChI is InChI=1S/C42H63BN6O12/c1-10-32(61-43(58)59)47-36(52)29(20-24(2)3)45-40(56)35(42(7,8)9)49-38(54)30(21-28-19-15-14-16-26(28)6)44-39(55)34(25(4)5)48-37(53)31(22-33(50)51)46-41(57)60-23-27-17-12-11-13-18-27/h11-19,24-25,29-32,34-35,58-59H,10,20-23H2,1-9H3,(H,44,55)(H,45,56)(H,46,57)(H,47,52)(H,48,53)(H,49,54)(H,50,51)/t29-,30-,31-,32?,34+,35+/m0/s1. The molecule has 18 nitrogen and oxygen atoms in total. The molecule has 2 aromatic carbocycles. The Kier molecular flexibility index (Phi) is 20.9. The van der Waals surface area contributed by atoms with Crippen molar-refractivity contribution in [2.75, 3.05) is 0 Å². The van der Waals surface area contributed by atoms with Crippen LogP contribution >= 0.6 is 0 Å². The highest BCUT2D eigenvalue weighted by Crippen LogP contribution is 2.21. The van der Waals surface area contributed by atoms with Gasteiger partial charge in [-0.15, -0.1) is 0 Å². The third-order valence-corrected chi connectivity index (χ3v) is 9.48. The molecule has 336 valence electrons. The van der Waals surface area contributed by atoms with Crippen molar-refractivity contribution in [3.05, 3.63) is 71.3 Å².